The van der Waals surface area contributed by atoms with Crippen LogP contribution in [0.1, 0.15) is 30.0 Å². The molecule has 0 aliphatic heterocycles. The predicted octanol–water partition coefficient (Wildman–Crippen LogP) is 2.07. The highest BCUT2D eigenvalue weighted by Gasteiger charge is 2.31. The molecule has 0 amide bonds. The van der Waals surface area contributed by atoms with Gasteiger partial charge in [-0.15, -0.1) is 0 Å². The number of hydrogen-bond acceptors (Lipinski definition) is 5. The molecule has 0 aliphatic rings. The molecule has 0 bridgehead atoms. The monoisotopic (exact) mass is 295 g/mol. The Morgan fingerprint density at radius 2 is 1.85 bits per heavy atom. The summed E-state index contributed by atoms with van der Waals surface area (Å²) in [4.78, 5) is 4.07. The molecule has 0 radical (unpaired) electrons. The largest absolute Gasteiger partial charge is 0.360 e. The average Bonchev–Trinajstić information content (AvgIpc) is 2.78. The molecule has 0 spiro atoms. The van der Waals surface area contributed by atoms with E-state index in [1.54, 1.807) is 45.4 Å². The first-order chi connectivity index (χ1) is 9.35. The van der Waals surface area contributed by atoms with Crippen LogP contribution in [0.15, 0.2) is 33.9 Å². The molecule has 0 N–H and O–H groups in total. The normalized spacial score (nSPS) is 13.7. The summed E-state index contributed by atoms with van der Waals surface area (Å²) in [5, 5.41) is 3.71. The summed E-state index contributed by atoms with van der Waals surface area (Å²) in [7, 11) is -2.10. The molecule has 0 saturated carbocycles. The number of rotatable bonds is 4. The lowest BCUT2D eigenvalue weighted by Crippen LogP contribution is -2.30. The minimum atomic E-state index is -3.65. The minimum Gasteiger partial charge on any atom is -0.360 e. The molecule has 0 aliphatic carbocycles. The van der Waals surface area contributed by atoms with Crippen LogP contribution in [0.25, 0.3) is 0 Å². The predicted molar refractivity (Wildman–Crippen MR) is 73.6 cm³/mol. The lowest BCUT2D eigenvalue weighted by atomic mass is 10.1. The highest BCUT2D eigenvalue weighted by Crippen LogP contribution is 2.28. The Morgan fingerprint density at radius 3 is 2.35 bits per heavy atom. The Morgan fingerprint density at radius 1 is 1.25 bits per heavy atom. The van der Waals surface area contributed by atoms with Crippen LogP contribution in [-0.2, 0) is 10.0 Å². The maximum absolute atomic E-state index is 12.7. The summed E-state index contributed by atoms with van der Waals surface area (Å²) in [6.45, 7) is 5.04. The van der Waals surface area contributed by atoms with Gasteiger partial charge in [0.15, 0.2) is 5.76 Å². The summed E-state index contributed by atoms with van der Waals surface area (Å²) in [5.74, 6) is 0.302. The van der Waals surface area contributed by atoms with Gasteiger partial charge in [-0.3, -0.25) is 4.98 Å². The third-order valence-corrected chi connectivity index (χ3v) is 5.51. The Labute approximate surface area is 118 Å². The number of sulfonamides is 1. The molecule has 0 aromatic carbocycles. The van der Waals surface area contributed by atoms with Gasteiger partial charge in [-0.05, 0) is 38.5 Å². The van der Waals surface area contributed by atoms with Gasteiger partial charge in [-0.25, -0.2) is 8.42 Å². The summed E-state index contributed by atoms with van der Waals surface area (Å²) in [6.07, 6.45) is 3.28. The van der Waals surface area contributed by atoms with Crippen molar-refractivity contribution < 1.29 is 12.9 Å². The summed E-state index contributed by atoms with van der Waals surface area (Å²) >= 11 is 0. The van der Waals surface area contributed by atoms with E-state index in [2.05, 4.69) is 10.1 Å². The fourth-order valence-corrected chi connectivity index (χ4v) is 3.68. The maximum Gasteiger partial charge on any atom is 0.248 e. The van der Waals surface area contributed by atoms with Crippen molar-refractivity contribution in [1.82, 2.24) is 14.4 Å². The second-order valence-electron chi connectivity index (χ2n) is 4.63. The summed E-state index contributed by atoms with van der Waals surface area (Å²) in [5.41, 5.74) is 1.24. The first kappa shape index (κ1) is 14.7. The second-order valence-corrected chi connectivity index (χ2v) is 6.57. The molecule has 2 rings (SSSR count). The number of aryl methyl sites for hydroxylation is 2. The van der Waals surface area contributed by atoms with E-state index >= 15 is 0 Å². The van der Waals surface area contributed by atoms with Crippen LogP contribution in [0.5, 0.6) is 0 Å². The van der Waals surface area contributed by atoms with Crippen molar-refractivity contribution in [2.45, 2.75) is 31.7 Å². The SMILES string of the molecule is Cc1noc(C)c1S(=O)(=O)N(C)[C@H](C)c1ccncc1. The third-order valence-electron chi connectivity index (χ3n) is 3.34. The minimum absolute atomic E-state index is 0.140. The highest BCUT2D eigenvalue weighted by molar-refractivity contribution is 7.89. The van der Waals surface area contributed by atoms with E-state index < -0.39 is 10.0 Å². The summed E-state index contributed by atoms with van der Waals surface area (Å²) < 4.78 is 31.6. The first-order valence-corrected chi connectivity index (χ1v) is 7.60. The van der Waals surface area contributed by atoms with Gasteiger partial charge in [0, 0.05) is 25.5 Å². The zero-order chi connectivity index (χ0) is 14.9. The highest BCUT2D eigenvalue weighted by atomic mass is 32.2. The van der Waals surface area contributed by atoms with Gasteiger partial charge >= 0.3 is 0 Å². The standard InChI is InChI=1S/C13H17N3O3S/c1-9-13(11(3)19-15-9)20(17,18)16(4)10(2)12-5-7-14-8-6-12/h5-8,10H,1-4H3/t10-/m1/s1. The maximum atomic E-state index is 12.7. The van der Waals surface area contributed by atoms with Gasteiger partial charge in [-0.2, -0.15) is 4.31 Å². The van der Waals surface area contributed by atoms with Gasteiger partial charge in [0.05, 0.1) is 0 Å². The van der Waals surface area contributed by atoms with Crippen LogP contribution in [0, 0.1) is 13.8 Å². The van der Waals surface area contributed by atoms with Gasteiger partial charge < -0.3 is 4.52 Å². The van der Waals surface area contributed by atoms with E-state index in [0.717, 1.165) is 5.56 Å². The average molecular weight is 295 g/mol. The molecule has 2 aromatic heterocycles. The Hall–Kier alpha value is -1.73. The van der Waals surface area contributed by atoms with Crippen LogP contribution in [0.3, 0.4) is 0 Å². The molecular formula is C13H17N3O3S. The molecule has 6 nitrogen and oxygen atoms in total. The molecule has 0 saturated heterocycles. The molecule has 2 heterocycles. The van der Waals surface area contributed by atoms with Crippen molar-refractivity contribution in [3.63, 3.8) is 0 Å². The smallest absolute Gasteiger partial charge is 0.248 e. The summed E-state index contributed by atoms with van der Waals surface area (Å²) in [6, 6.07) is 3.28. The Kier molecular flexibility index (Phi) is 3.92. The van der Waals surface area contributed by atoms with Crippen LogP contribution in [-0.4, -0.2) is 29.9 Å². The molecule has 7 heteroatoms. The van der Waals surface area contributed by atoms with Gasteiger partial charge in [0.1, 0.15) is 10.6 Å². The fourth-order valence-electron chi connectivity index (χ4n) is 2.05. The van der Waals surface area contributed by atoms with Crippen molar-refractivity contribution >= 4 is 10.0 Å². The van der Waals surface area contributed by atoms with E-state index in [9.17, 15) is 8.42 Å². The molecule has 2 aromatic rings. The van der Waals surface area contributed by atoms with Crippen LogP contribution >= 0.6 is 0 Å². The van der Waals surface area contributed by atoms with E-state index in [4.69, 9.17) is 4.52 Å². The zero-order valence-electron chi connectivity index (χ0n) is 11.9. The number of hydrogen-bond donors (Lipinski definition) is 0. The van der Waals surface area contributed by atoms with Crippen molar-refractivity contribution in [1.29, 1.82) is 0 Å². The Bertz CT molecular complexity index is 675. The topological polar surface area (TPSA) is 76.3 Å². The lowest BCUT2D eigenvalue weighted by Gasteiger charge is -2.24. The first-order valence-electron chi connectivity index (χ1n) is 6.16. The van der Waals surface area contributed by atoms with Crippen LogP contribution in [0.2, 0.25) is 0 Å². The van der Waals surface area contributed by atoms with Crippen molar-refractivity contribution in [2.75, 3.05) is 7.05 Å². The van der Waals surface area contributed by atoms with Crippen molar-refractivity contribution in [3.05, 3.63) is 41.5 Å². The molecule has 0 fully saturated rings. The van der Waals surface area contributed by atoms with Crippen LogP contribution in [0.4, 0.5) is 0 Å². The lowest BCUT2D eigenvalue weighted by molar-refractivity contribution is 0.384. The van der Waals surface area contributed by atoms with Gasteiger partial charge in [-0.1, -0.05) is 5.16 Å². The van der Waals surface area contributed by atoms with Crippen molar-refractivity contribution in [3.8, 4) is 0 Å². The van der Waals surface area contributed by atoms with E-state index in [1.807, 2.05) is 6.92 Å². The molecule has 0 unspecified atom stereocenters. The van der Waals surface area contributed by atoms with E-state index in [1.165, 1.54) is 4.31 Å². The van der Waals surface area contributed by atoms with Gasteiger partial charge in [0.2, 0.25) is 10.0 Å². The Balaban J connectivity index is 2.40. The van der Waals surface area contributed by atoms with Gasteiger partial charge in [0.25, 0.3) is 0 Å². The van der Waals surface area contributed by atoms with E-state index in [0.29, 0.717) is 11.5 Å². The number of pyridine rings is 1. The molecule has 1 atom stereocenters. The van der Waals surface area contributed by atoms with Crippen LogP contribution < -0.4 is 0 Å². The van der Waals surface area contributed by atoms with Crippen molar-refractivity contribution in [2.24, 2.45) is 0 Å². The molecule has 20 heavy (non-hydrogen) atoms. The number of aromatic nitrogens is 2. The quantitative estimate of drug-likeness (QED) is 0.863. The molecular weight excluding hydrogens is 278 g/mol. The number of nitrogens with zero attached hydrogens (tertiary/aromatic N) is 3. The zero-order valence-corrected chi connectivity index (χ0v) is 12.7. The second kappa shape index (κ2) is 5.34. The van der Waals surface area contributed by atoms with E-state index in [-0.39, 0.29) is 10.9 Å². The fraction of sp³-hybridized carbons (Fsp3) is 0.385. The third kappa shape index (κ3) is 2.46. The molecule has 108 valence electrons.